The second kappa shape index (κ2) is 5.75. The van der Waals surface area contributed by atoms with Crippen LogP contribution in [0.15, 0.2) is 18.6 Å². The molecule has 7 nitrogen and oxygen atoms in total. The monoisotopic (exact) mass is 345 g/mol. The highest BCUT2D eigenvalue weighted by atomic mass is 35.5. The zero-order chi connectivity index (χ0) is 16.8. The third-order valence-corrected chi connectivity index (χ3v) is 5.06. The summed E-state index contributed by atoms with van der Waals surface area (Å²) in [5, 5.41) is 9.11. The number of halogens is 1. The molecule has 1 aliphatic rings. The van der Waals surface area contributed by atoms with Crippen molar-refractivity contribution in [2.45, 2.75) is 18.8 Å². The standard InChI is InChI=1S/C16H20ClN7/c1-22-5-3-4-10(8-22)14-13(17)15(18)24-16(21-14)12(7-20-24)11-6-19-23(2)9-11/h6-7,9-10H,3-5,8,18H2,1-2H3. The molecule has 1 fully saturated rings. The molecule has 8 heteroatoms. The number of anilines is 1. The summed E-state index contributed by atoms with van der Waals surface area (Å²) < 4.78 is 3.37. The van der Waals surface area contributed by atoms with Gasteiger partial charge in [0.05, 0.1) is 18.1 Å². The largest absolute Gasteiger partial charge is 0.382 e. The van der Waals surface area contributed by atoms with Crippen molar-refractivity contribution >= 4 is 23.1 Å². The lowest BCUT2D eigenvalue weighted by atomic mass is 9.94. The van der Waals surface area contributed by atoms with Crippen LogP contribution in [0.3, 0.4) is 0 Å². The summed E-state index contributed by atoms with van der Waals surface area (Å²) in [5.41, 5.74) is 9.73. The Balaban J connectivity index is 1.87. The van der Waals surface area contributed by atoms with E-state index in [1.807, 2.05) is 13.2 Å². The van der Waals surface area contributed by atoms with E-state index in [1.54, 1.807) is 21.6 Å². The Labute approximate surface area is 145 Å². The highest BCUT2D eigenvalue weighted by Crippen LogP contribution is 2.35. The maximum atomic E-state index is 6.53. The number of fused-ring (bicyclic) bond motifs is 1. The number of hydrogen-bond donors (Lipinski definition) is 1. The zero-order valence-electron chi connectivity index (χ0n) is 13.8. The molecule has 1 saturated heterocycles. The Kier molecular flexibility index (Phi) is 3.69. The maximum Gasteiger partial charge on any atom is 0.165 e. The van der Waals surface area contributed by atoms with Gasteiger partial charge < -0.3 is 10.6 Å². The molecule has 0 aliphatic carbocycles. The predicted octanol–water partition coefficient (Wildman–Crippen LogP) is 2.17. The van der Waals surface area contributed by atoms with Crippen LogP contribution in [0.4, 0.5) is 5.82 Å². The summed E-state index contributed by atoms with van der Waals surface area (Å²) in [4.78, 5) is 7.17. The fourth-order valence-electron chi connectivity index (χ4n) is 3.44. The molecule has 4 heterocycles. The van der Waals surface area contributed by atoms with Crippen LogP contribution in [-0.2, 0) is 7.05 Å². The van der Waals surface area contributed by atoms with E-state index in [2.05, 4.69) is 22.1 Å². The molecule has 1 atom stereocenters. The summed E-state index contributed by atoms with van der Waals surface area (Å²) in [6.07, 6.45) is 7.72. The van der Waals surface area contributed by atoms with Crippen LogP contribution in [0.2, 0.25) is 5.02 Å². The second-order valence-corrected chi connectivity index (χ2v) is 6.87. The number of hydrogen-bond acceptors (Lipinski definition) is 5. The number of aromatic nitrogens is 5. The van der Waals surface area contributed by atoms with Gasteiger partial charge in [0.1, 0.15) is 10.8 Å². The van der Waals surface area contributed by atoms with Crippen LogP contribution < -0.4 is 5.73 Å². The van der Waals surface area contributed by atoms with Gasteiger partial charge >= 0.3 is 0 Å². The van der Waals surface area contributed by atoms with Crippen LogP contribution in [0.5, 0.6) is 0 Å². The first-order valence-corrected chi connectivity index (χ1v) is 8.42. The van der Waals surface area contributed by atoms with Gasteiger partial charge in [0.25, 0.3) is 0 Å². The summed E-state index contributed by atoms with van der Waals surface area (Å²) in [6, 6.07) is 0. The number of piperidine rings is 1. The van der Waals surface area contributed by atoms with Crippen molar-refractivity contribution in [3.8, 4) is 11.1 Å². The molecular formula is C16H20ClN7. The Morgan fingerprint density at radius 3 is 2.79 bits per heavy atom. The number of rotatable bonds is 2. The molecule has 2 N–H and O–H groups in total. The fourth-order valence-corrected chi connectivity index (χ4v) is 3.71. The lowest BCUT2D eigenvalue weighted by Crippen LogP contribution is -2.31. The number of aryl methyl sites for hydroxylation is 1. The van der Waals surface area contributed by atoms with Gasteiger partial charge in [-0.25, -0.2) is 4.98 Å². The number of nitrogen functional groups attached to an aromatic ring is 1. The van der Waals surface area contributed by atoms with Gasteiger partial charge in [-0.1, -0.05) is 11.6 Å². The van der Waals surface area contributed by atoms with Gasteiger partial charge in [-0.15, -0.1) is 0 Å². The Bertz CT molecular complexity index is 897. The smallest absolute Gasteiger partial charge is 0.165 e. The van der Waals surface area contributed by atoms with Crippen LogP contribution >= 0.6 is 11.6 Å². The van der Waals surface area contributed by atoms with Gasteiger partial charge in [0, 0.05) is 36.8 Å². The minimum atomic E-state index is 0.292. The van der Waals surface area contributed by atoms with E-state index in [0.29, 0.717) is 16.8 Å². The topological polar surface area (TPSA) is 77.3 Å². The predicted molar refractivity (Wildman–Crippen MR) is 94.1 cm³/mol. The highest BCUT2D eigenvalue weighted by molar-refractivity contribution is 6.33. The van der Waals surface area contributed by atoms with Crippen molar-refractivity contribution in [1.82, 2.24) is 29.3 Å². The number of nitrogens with two attached hydrogens (primary N) is 1. The molecule has 24 heavy (non-hydrogen) atoms. The molecule has 0 amide bonds. The molecule has 0 bridgehead atoms. The van der Waals surface area contributed by atoms with Crippen LogP contribution in [0, 0.1) is 0 Å². The molecule has 0 saturated carbocycles. The Morgan fingerprint density at radius 2 is 2.08 bits per heavy atom. The lowest BCUT2D eigenvalue weighted by Gasteiger charge is -2.30. The first-order valence-electron chi connectivity index (χ1n) is 8.04. The fraction of sp³-hybridized carbons (Fsp3) is 0.438. The average molecular weight is 346 g/mol. The Hall–Kier alpha value is -2.12. The van der Waals surface area contributed by atoms with Crippen LogP contribution in [0.1, 0.15) is 24.5 Å². The maximum absolute atomic E-state index is 6.53. The summed E-state index contributed by atoms with van der Waals surface area (Å²) in [5.74, 6) is 0.736. The van der Waals surface area contributed by atoms with E-state index in [9.17, 15) is 0 Å². The van der Waals surface area contributed by atoms with E-state index < -0.39 is 0 Å². The van der Waals surface area contributed by atoms with Gasteiger partial charge in [0.2, 0.25) is 0 Å². The molecule has 0 aromatic carbocycles. The van der Waals surface area contributed by atoms with E-state index >= 15 is 0 Å². The molecule has 1 aliphatic heterocycles. The molecule has 1 unspecified atom stereocenters. The molecule has 126 valence electrons. The van der Waals surface area contributed by atoms with Crippen molar-refractivity contribution < 1.29 is 0 Å². The summed E-state index contributed by atoms with van der Waals surface area (Å²) >= 11 is 6.53. The highest BCUT2D eigenvalue weighted by Gasteiger charge is 2.26. The van der Waals surface area contributed by atoms with Crippen molar-refractivity contribution in [3.63, 3.8) is 0 Å². The quantitative estimate of drug-likeness (QED) is 0.770. The second-order valence-electron chi connectivity index (χ2n) is 6.49. The van der Waals surface area contributed by atoms with E-state index in [-0.39, 0.29) is 0 Å². The normalized spacial score (nSPS) is 19.2. The van der Waals surface area contributed by atoms with Crippen molar-refractivity contribution in [1.29, 1.82) is 0 Å². The molecule has 3 aromatic heterocycles. The van der Waals surface area contributed by atoms with Crippen LogP contribution in [0.25, 0.3) is 16.8 Å². The molecule has 4 rings (SSSR count). The average Bonchev–Trinajstić information content (AvgIpc) is 3.16. The van der Waals surface area contributed by atoms with Gasteiger partial charge in [-0.2, -0.15) is 14.7 Å². The van der Waals surface area contributed by atoms with E-state index in [1.165, 1.54) is 0 Å². The van der Waals surface area contributed by atoms with Crippen LogP contribution in [-0.4, -0.2) is 49.4 Å². The number of likely N-dealkylation sites (tertiary alicyclic amines) is 1. The summed E-state index contributed by atoms with van der Waals surface area (Å²) in [6.45, 7) is 2.05. The first kappa shape index (κ1) is 15.4. The molecule has 3 aromatic rings. The zero-order valence-corrected chi connectivity index (χ0v) is 14.5. The third-order valence-electron chi connectivity index (χ3n) is 4.68. The summed E-state index contributed by atoms with van der Waals surface area (Å²) in [7, 11) is 4.01. The van der Waals surface area contributed by atoms with E-state index in [4.69, 9.17) is 22.3 Å². The third kappa shape index (κ3) is 2.44. The molecule has 0 radical (unpaired) electrons. The van der Waals surface area contributed by atoms with Gasteiger partial charge in [-0.05, 0) is 26.4 Å². The van der Waals surface area contributed by atoms with Gasteiger partial charge in [0.15, 0.2) is 5.65 Å². The van der Waals surface area contributed by atoms with Gasteiger partial charge in [-0.3, -0.25) is 4.68 Å². The number of nitrogens with zero attached hydrogens (tertiary/aromatic N) is 6. The van der Waals surface area contributed by atoms with Crippen molar-refractivity contribution in [3.05, 3.63) is 29.3 Å². The minimum Gasteiger partial charge on any atom is -0.382 e. The first-order chi connectivity index (χ1) is 11.5. The molecule has 0 spiro atoms. The SMILES string of the molecule is CN1CCCC(c2nc3c(-c4cnn(C)c4)cnn3c(N)c2Cl)C1. The van der Waals surface area contributed by atoms with Crippen molar-refractivity contribution in [2.75, 3.05) is 25.9 Å². The lowest BCUT2D eigenvalue weighted by molar-refractivity contribution is 0.248. The van der Waals surface area contributed by atoms with E-state index in [0.717, 1.165) is 48.4 Å². The Morgan fingerprint density at radius 1 is 1.25 bits per heavy atom. The minimum absolute atomic E-state index is 0.292. The van der Waals surface area contributed by atoms with Crippen molar-refractivity contribution in [2.24, 2.45) is 7.05 Å². The number of likely N-dealkylation sites (N-methyl/N-ethyl adjacent to an activating group) is 1. The molecular weight excluding hydrogens is 326 g/mol.